The van der Waals surface area contributed by atoms with Crippen molar-refractivity contribution in [3.8, 4) is 11.4 Å². The lowest BCUT2D eigenvalue weighted by Crippen LogP contribution is -2.16. The Morgan fingerprint density at radius 2 is 1.66 bits per heavy atom. The maximum atomic E-state index is 12.7. The van der Waals surface area contributed by atoms with Gasteiger partial charge in [0, 0.05) is 24.2 Å². The van der Waals surface area contributed by atoms with Gasteiger partial charge in [-0.2, -0.15) is 0 Å². The van der Waals surface area contributed by atoms with Crippen LogP contribution in [0, 0.1) is 6.92 Å². The second-order valence-corrected chi connectivity index (χ2v) is 6.44. The molecule has 2 N–H and O–H groups in total. The minimum Gasteiger partial charge on any atom is -0.366 e. The number of nitrogens with zero attached hydrogens (tertiary/aromatic N) is 3. The Balaban J connectivity index is 1.63. The summed E-state index contributed by atoms with van der Waals surface area (Å²) in [6.07, 6.45) is 0. The highest BCUT2D eigenvalue weighted by molar-refractivity contribution is 6.03. The fraction of sp³-hybridized carbons (Fsp3) is 0.0909. The van der Waals surface area contributed by atoms with Crippen LogP contribution in [0.3, 0.4) is 0 Å². The summed E-state index contributed by atoms with van der Waals surface area (Å²) in [5.74, 6) is 1.58. The zero-order valence-electron chi connectivity index (χ0n) is 15.8. The van der Waals surface area contributed by atoms with Crippen molar-refractivity contribution in [1.29, 1.82) is 0 Å². The Hall–Kier alpha value is -4.00. The van der Waals surface area contributed by atoms with E-state index in [0.717, 1.165) is 11.1 Å². The standard InChI is InChI=1S/C22H19N5O2/c1-15-12-20(27-29-15)26-22(28)18-13-19(23-14-16-8-4-2-5-9-16)25-21(24-18)17-10-6-3-7-11-17/h2-13H,14H2,1H3,(H,23,24,25)(H,26,27,28). The highest BCUT2D eigenvalue weighted by atomic mass is 16.5. The summed E-state index contributed by atoms with van der Waals surface area (Å²) in [5, 5.41) is 9.76. The number of rotatable bonds is 6. The molecule has 2 aromatic carbocycles. The monoisotopic (exact) mass is 385 g/mol. The first-order valence-corrected chi connectivity index (χ1v) is 9.14. The predicted octanol–water partition coefficient (Wildman–Crippen LogP) is 4.30. The van der Waals surface area contributed by atoms with Gasteiger partial charge >= 0.3 is 0 Å². The van der Waals surface area contributed by atoms with Crippen LogP contribution in [0.1, 0.15) is 21.8 Å². The lowest BCUT2D eigenvalue weighted by Gasteiger charge is -2.10. The Morgan fingerprint density at radius 1 is 0.931 bits per heavy atom. The summed E-state index contributed by atoms with van der Waals surface area (Å²) in [7, 11) is 0. The minimum absolute atomic E-state index is 0.232. The molecular formula is C22H19N5O2. The first kappa shape index (κ1) is 18.4. The summed E-state index contributed by atoms with van der Waals surface area (Å²) < 4.78 is 5.00. The van der Waals surface area contributed by atoms with Gasteiger partial charge in [-0.1, -0.05) is 65.8 Å². The van der Waals surface area contributed by atoms with Crippen molar-refractivity contribution in [2.75, 3.05) is 10.6 Å². The maximum absolute atomic E-state index is 12.7. The Morgan fingerprint density at radius 3 is 2.34 bits per heavy atom. The molecule has 7 nitrogen and oxygen atoms in total. The number of aromatic nitrogens is 3. The SMILES string of the molecule is Cc1cc(NC(=O)c2cc(NCc3ccccc3)nc(-c3ccccc3)n2)no1. The van der Waals surface area contributed by atoms with Gasteiger partial charge in [0.15, 0.2) is 11.6 Å². The van der Waals surface area contributed by atoms with Crippen molar-refractivity contribution in [3.63, 3.8) is 0 Å². The molecular weight excluding hydrogens is 366 g/mol. The Bertz CT molecular complexity index is 1110. The van der Waals surface area contributed by atoms with Crippen LogP contribution in [-0.2, 0) is 6.54 Å². The van der Waals surface area contributed by atoms with Gasteiger partial charge in [0.1, 0.15) is 17.3 Å². The lowest BCUT2D eigenvalue weighted by atomic mass is 10.2. The van der Waals surface area contributed by atoms with Crippen LogP contribution in [-0.4, -0.2) is 21.0 Å². The van der Waals surface area contributed by atoms with E-state index in [1.165, 1.54) is 0 Å². The van der Waals surface area contributed by atoms with Gasteiger partial charge in [0.05, 0.1) is 0 Å². The van der Waals surface area contributed by atoms with Crippen LogP contribution in [0.4, 0.5) is 11.6 Å². The predicted molar refractivity (Wildman–Crippen MR) is 110 cm³/mol. The van der Waals surface area contributed by atoms with E-state index in [1.807, 2.05) is 60.7 Å². The molecule has 0 spiro atoms. The van der Waals surface area contributed by atoms with E-state index >= 15 is 0 Å². The van der Waals surface area contributed by atoms with Gasteiger partial charge in [-0.25, -0.2) is 9.97 Å². The fourth-order valence-corrected chi connectivity index (χ4v) is 2.76. The van der Waals surface area contributed by atoms with Crippen molar-refractivity contribution in [2.45, 2.75) is 13.5 Å². The number of nitrogens with one attached hydrogen (secondary N) is 2. The highest BCUT2D eigenvalue weighted by Crippen LogP contribution is 2.19. The molecule has 2 aromatic heterocycles. The molecule has 0 saturated heterocycles. The third kappa shape index (κ3) is 4.65. The van der Waals surface area contributed by atoms with Crippen molar-refractivity contribution >= 4 is 17.5 Å². The van der Waals surface area contributed by atoms with Crippen molar-refractivity contribution in [2.24, 2.45) is 0 Å². The van der Waals surface area contributed by atoms with E-state index in [2.05, 4.69) is 25.8 Å². The molecule has 0 aliphatic rings. The second-order valence-electron chi connectivity index (χ2n) is 6.44. The van der Waals surface area contributed by atoms with E-state index < -0.39 is 0 Å². The first-order chi connectivity index (χ1) is 14.2. The molecule has 4 rings (SSSR count). The number of hydrogen-bond donors (Lipinski definition) is 2. The van der Waals surface area contributed by atoms with Crippen molar-refractivity contribution in [1.82, 2.24) is 15.1 Å². The van der Waals surface area contributed by atoms with E-state index in [4.69, 9.17) is 4.52 Å². The molecule has 0 unspecified atom stereocenters. The number of benzene rings is 2. The highest BCUT2D eigenvalue weighted by Gasteiger charge is 2.15. The van der Waals surface area contributed by atoms with Crippen LogP contribution in [0.5, 0.6) is 0 Å². The molecule has 0 saturated carbocycles. The van der Waals surface area contributed by atoms with Gasteiger partial charge in [0.2, 0.25) is 0 Å². The molecule has 0 radical (unpaired) electrons. The zero-order valence-corrected chi connectivity index (χ0v) is 15.8. The van der Waals surface area contributed by atoms with Crippen LogP contribution in [0.25, 0.3) is 11.4 Å². The van der Waals surface area contributed by atoms with E-state index in [1.54, 1.807) is 19.1 Å². The third-order valence-corrected chi connectivity index (χ3v) is 4.18. The number of aryl methyl sites for hydroxylation is 1. The molecule has 1 amide bonds. The minimum atomic E-state index is -0.388. The summed E-state index contributed by atoms with van der Waals surface area (Å²) in [5.41, 5.74) is 2.16. The summed E-state index contributed by atoms with van der Waals surface area (Å²) in [6, 6.07) is 22.8. The zero-order chi connectivity index (χ0) is 20.1. The van der Waals surface area contributed by atoms with Crippen LogP contribution in [0.2, 0.25) is 0 Å². The molecule has 144 valence electrons. The van der Waals surface area contributed by atoms with Gasteiger partial charge in [0.25, 0.3) is 5.91 Å². The lowest BCUT2D eigenvalue weighted by molar-refractivity contribution is 0.102. The first-order valence-electron chi connectivity index (χ1n) is 9.14. The average molecular weight is 385 g/mol. The third-order valence-electron chi connectivity index (χ3n) is 4.18. The molecule has 0 atom stereocenters. The molecule has 7 heteroatoms. The van der Waals surface area contributed by atoms with E-state index in [-0.39, 0.29) is 11.6 Å². The summed E-state index contributed by atoms with van der Waals surface area (Å²) in [4.78, 5) is 21.7. The van der Waals surface area contributed by atoms with Crippen LogP contribution < -0.4 is 10.6 Å². The number of carbonyl (C=O) groups excluding carboxylic acids is 1. The number of anilines is 2. The number of hydrogen-bond acceptors (Lipinski definition) is 6. The smallest absolute Gasteiger partial charge is 0.275 e. The molecule has 29 heavy (non-hydrogen) atoms. The summed E-state index contributed by atoms with van der Waals surface area (Å²) in [6.45, 7) is 2.34. The van der Waals surface area contributed by atoms with Crippen LogP contribution >= 0.6 is 0 Å². The maximum Gasteiger partial charge on any atom is 0.275 e. The van der Waals surface area contributed by atoms with Gasteiger partial charge in [-0.05, 0) is 12.5 Å². The van der Waals surface area contributed by atoms with E-state index in [9.17, 15) is 4.79 Å². The summed E-state index contributed by atoms with van der Waals surface area (Å²) >= 11 is 0. The molecule has 0 aliphatic heterocycles. The molecule has 2 heterocycles. The Kier molecular flexibility index (Phi) is 5.29. The number of carbonyl (C=O) groups is 1. The quantitative estimate of drug-likeness (QED) is 0.514. The van der Waals surface area contributed by atoms with Crippen LogP contribution in [0.15, 0.2) is 77.3 Å². The molecule has 4 aromatic rings. The second kappa shape index (κ2) is 8.35. The number of amides is 1. The van der Waals surface area contributed by atoms with Crippen molar-refractivity contribution < 1.29 is 9.32 Å². The molecule has 0 aliphatic carbocycles. The molecule has 0 fully saturated rings. The topological polar surface area (TPSA) is 92.9 Å². The largest absolute Gasteiger partial charge is 0.366 e. The van der Waals surface area contributed by atoms with Gasteiger partial charge in [-0.15, -0.1) is 0 Å². The van der Waals surface area contributed by atoms with Gasteiger partial charge in [-0.3, -0.25) is 4.79 Å². The average Bonchev–Trinajstić information content (AvgIpc) is 3.18. The fourth-order valence-electron chi connectivity index (χ4n) is 2.76. The van der Waals surface area contributed by atoms with Crippen molar-refractivity contribution in [3.05, 3.63) is 89.8 Å². The van der Waals surface area contributed by atoms with E-state index in [0.29, 0.717) is 29.8 Å². The molecule has 0 bridgehead atoms. The Labute approximate surface area is 167 Å². The normalized spacial score (nSPS) is 10.5. The van der Waals surface area contributed by atoms with Gasteiger partial charge < -0.3 is 15.2 Å².